The lowest BCUT2D eigenvalue weighted by atomic mass is 10.2. The van der Waals surface area contributed by atoms with Crippen LogP contribution in [0.1, 0.15) is 25.7 Å². The van der Waals surface area contributed by atoms with E-state index in [9.17, 15) is 9.59 Å². The van der Waals surface area contributed by atoms with E-state index in [2.05, 4.69) is 26.6 Å². The van der Waals surface area contributed by atoms with Crippen molar-refractivity contribution >= 4 is 39.6 Å². The summed E-state index contributed by atoms with van der Waals surface area (Å²) in [4.78, 5) is 24.3. The Morgan fingerprint density at radius 3 is 2.65 bits per heavy atom. The number of urea groups is 1. The molecule has 0 aromatic heterocycles. The Morgan fingerprint density at radius 2 is 1.95 bits per heavy atom. The maximum atomic E-state index is 11.7. The fraction of sp³-hybridized carbons (Fsp3) is 0.429. The Balaban J connectivity index is 1.72. The summed E-state index contributed by atoms with van der Waals surface area (Å²) < 4.78 is 0.952. The van der Waals surface area contributed by atoms with Gasteiger partial charge in [0.2, 0.25) is 5.91 Å². The molecule has 0 saturated heterocycles. The fourth-order valence-corrected chi connectivity index (χ4v) is 3.53. The lowest BCUT2D eigenvalue weighted by Gasteiger charge is -2.12. The van der Waals surface area contributed by atoms with E-state index in [-0.39, 0.29) is 23.7 Å². The number of thioether (sulfide) groups is 1. The molecule has 2 N–H and O–H groups in total. The van der Waals surface area contributed by atoms with Crippen LogP contribution in [0.25, 0.3) is 0 Å². The third-order valence-corrected chi connectivity index (χ3v) is 5.17. The highest BCUT2D eigenvalue weighted by molar-refractivity contribution is 9.10. The van der Waals surface area contributed by atoms with Crippen LogP contribution in [0.2, 0.25) is 0 Å². The van der Waals surface area contributed by atoms with Crippen LogP contribution in [-0.2, 0) is 4.79 Å². The fourth-order valence-electron chi connectivity index (χ4n) is 2.16. The molecule has 0 spiro atoms. The monoisotopic (exact) mass is 356 g/mol. The molecule has 6 heteroatoms. The van der Waals surface area contributed by atoms with Crippen LogP contribution in [0.3, 0.4) is 0 Å². The summed E-state index contributed by atoms with van der Waals surface area (Å²) in [5, 5.41) is 5.20. The Labute approximate surface area is 131 Å². The van der Waals surface area contributed by atoms with Gasteiger partial charge < -0.3 is 5.32 Å². The highest BCUT2D eigenvalue weighted by Crippen LogP contribution is 2.26. The average Bonchev–Trinajstić information content (AvgIpc) is 2.90. The number of hydrogen-bond acceptors (Lipinski definition) is 3. The first-order chi connectivity index (χ1) is 9.65. The Kier molecular flexibility index (Phi) is 5.91. The Bertz CT molecular complexity index is 490. The molecule has 1 aliphatic carbocycles. The van der Waals surface area contributed by atoms with E-state index in [1.807, 2.05) is 24.3 Å². The molecule has 0 unspecified atom stereocenters. The molecular weight excluding hydrogens is 340 g/mol. The van der Waals surface area contributed by atoms with Gasteiger partial charge in [0.05, 0.1) is 5.75 Å². The first-order valence-electron chi connectivity index (χ1n) is 6.63. The number of halogens is 1. The number of benzene rings is 1. The minimum Gasteiger partial charge on any atom is -0.335 e. The van der Waals surface area contributed by atoms with Crippen molar-refractivity contribution in [1.82, 2.24) is 10.6 Å². The molecule has 1 aromatic carbocycles. The molecule has 1 fully saturated rings. The van der Waals surface area contributed by atoms with Gasteiger partial charge in [-0.3, -0.25) is 10.1 Å². The molecule has 1 aliphatic rings. The van der Waals surface area contributed by atoms with Crippen LogP contribution < -0.4 is 10.6 Å². The highest BCUT2D eigenvalue weighted by atomic mass is 79.9. The van der Waals surface area contributed by atoms with Gasteiger partial charge in [-0.15, -0.1) is 11.8 Å². The second-order valence-corrected chi connectivity index (χ2v) is 6.59. The van der Waals surface area contributed by atoms with Crippen molar-refractivity contribution in [2.24, 2.45) is 0 Å². The van der Waals surface area contributed by atoms with Crippen molar-refractivity contribution < 1.29 is 9.59 Å². The molecule has 0 aliphatic heterocycles. The zero-order valence-corrected chi connectivity index (χ0v) is 13.4. The first-order valence-corrected chi connectivity index (χ1v) is 8.40. The second-order valence-electron chi connectivity index (χ2n) is 4.72. The summed E-state index contributed by atoms with van der Waals surface area (Å²) in [5.74, 6) is -0.0537. The van der Waals surface area contributed by atoms with Gasteiger partial charge in [-0.2, -0.15) is 0 Å². The van der Waals surface area contributed by atoms with Gasteiger partial charge in [-0.05, 0) is 40.9 Å². The second kappa shape index (κ2) is 7.69. The van der Waals surface area contributed by atoms with Gasteiger partial charge in [0.1, 0.15) is 0 Å². The Morgan fingerprint density at radius 1 is 1.25 bits per heavy atom. The number of hydrogen-bond donors (Lipinski definition) is 2. The number of imide groups is 1. The molecule has 108 valence electrons. The topological polar surface area (TPSA) is 58.2 Å². The summed E-state index contributed by atoms with van der Waals surface area (Å²) >= 11 is 4.82. The normalized spacial score (nSPS) is 15.1. The van der Waals surface area contributed by atoms with Gasteiger partial charge >= 0.3 is 6.03 Å². The van der Waals surface area contributed by atoms with Crippen LogP contribution in [0.15, 0.2) is 33.6 Å². The quantitative estimate of drug-likeness (QED) is 0.813. The van der Waals surface area contributed by atoms with Crippen LogP contribution in [0.5, 0.6) is 0 Å². The highest BCUT2D eigenvalue weighted by Gasteiger charge is 2.18. The smallest absolute Gasteiger partial charge is 0.321 e. The largest absolute Gasteiger partial charge is 0.335 e. The predicted molar refractivity (Wildman–Crippen MR) is 83.8 cm³/mol. The molecule has 0 heterocycles. The molecular formula is C14H17BrN2O2S. The van der Waals surface area contributed by atoms with Gasteiger partial charge in [-0.25, -0.2) is 4.79 Å². The van der Waals surface area contributed by atoms with E-state index in [4.69, 9.17) is 0 Å². The van der Waals surface area contributed by atoms with Crippen LogP contribution >= 0.6 is 27.7 Å². The zero-order valence-electron chi connectivity index (χ0n) is 11.0. The lowest BCUT2D eigenvalue weighted by Crippen LogP contribution is -2.44. The standard InChI is InChI=1S/C14H17BrN2O2S/c15-11-7-3-4-8-12(11)20-9-13(18)17-14(19)16-10-5-1-2-6-10/h3-4,7-8,10H,1-2,5-6,9H2,(H2,16,17,18,19). The maximum absolute atomic E-state index is 11.7. The molecule has 4 nitrogen and oxygen atoms in total. The molecule has 20 heavy (non-hydrogen) atoms. The minimum atomic E-state index is -0.380. The number of carbonyl (C=O) groups is 2. The molecule has 1 saturated carbocycles. The van der Waals surface area contributed by atoms with Gasteiger partial charge in [-0.1, -0.05) is 25.0 Å². The SMILES string of the molecule is O=C(CSc1ccccc1Br)NC(=O)NC1CCCC1. The van der Waals surface area contributed by atoms with Crippen LogP contribution in [0.4, 0.5) is 4.79 Å². The van der Waals surface area contributed by atoms with Crippen molar-refractivity contribution in [1.29, 1.82) is 0 Å². The van der Waals surface area contributed by atoms with Crippen molar-refractivity contribution in [3.8, 4) is 0 Å². The summed E-state index contributed by atoms with van der Waals surface area (Å²) in [6, 6.07) is 7.53. The van der Waals surface area contributed by atoms with E-state index in [1.54, 1.807) is 0 Å². The predicted octanol–water partition coefficient (Wildman–Crippen LogP) is 3.31. The summed E-state index contributed by atoms with van der Waals surface area (Å²) in [7, 11) is 0. The van der Waals surface area contributed by atoms with E-state index < -0.39 is 0 Å². The number of amides is 3. The number of carbonyl (C=O) groups excluding carboxylic acids is 2. The average molecular weight is 357 g/mol. The van der Waals surface area contributed by atoms with E-state index in [0.717, 1.165) is 35.1 Å². The van der Waals surface area contributed by atoms with Crippen molar-refractivity contribution in [3.05, 3.63) is 28.7 Å². The molecule has 0 atom stereocenters. The molecule has 0 radical (unpaired) electrons. The summed E-state index contributed by atoms with van der Waals surface area (Å²) in [5.41, 5.74) is 0. The van der Waals surface area contributed by atoms with E-state index in [1.165, 1.54) is 11.8 Å². The van der Waals surface area contributed by atoms with Crippen molar-refractivity contribution in [2.45, 2.75) is 36.6 Å². The van der Waals surface area contributed by atoms with Crippen molar-refractivity contribution in [3.63, 3.8) is 0 Å². The number of nitrogens with one attached hydrogen (secondary N) is 2. The molecule has 0 bridgehead atoms. The zero-order chi connectivity index (χ0) is 14.4. The van der Waals surface area contributed by atoms with Crippen LogP contribution in [0, 0.1) is 0 Å². The van der Waals surface area contributed by atoms with E-state index in [0.29, 0.717) is 0 Å². The maximum Gasteiger partial charge on any atom is 0.321 e. The minimum absolute atomic E-state index is 0.221. The lowest BCUT2D eigenvalue weighted by molar-refractivity contribution is -0.117. The molecule has 3 amide bonds. The molecule has 2 rings (SSSR count). The third-order valence-electron chi connectivity index (χ3n) is 3.14. The first kappa shape index (κ1) is 15.4. The van der Waals surface area contributed by atoms with Gasteiger partial charge in [0.25, 0.3) is 0 Å². The summed E-state index contributed by atoms with van der Waals surface area (Å²) in [6.07, 6.45) is 4.31. The summed E-state index contributed by atoms with van der Waals surface area (Å²) in [6.45, 7) is 0. The molecule has 1 aromatic rings. The van der Waals surface area contributed by atoms with E-state index >= 15 is 0 Å². The van der Waals surface area contributed by atoms with Crippen molar-refractivity contribution in [2.75, 3.05) is 5.75 Å². The number of rotatable bonds is 4. The van der Waals surface area contributed by atoms with Gasteiger partial charge in [0.15, 0.2) is 0 Å². The third kappa shape index (κ3) is 4.83. The van der Waals surface area contributed by atoms with Gasteiger partial charge in [0, 0.05) is 15.4 Å². The Hall–Kier alpha value is -1.01. The van der Waals surface area contributed by atoms with Crippen LogP contribution in [-0.4, -0.2) is 23.7 Å².